The van der Waals surface area contributed by atoms with Gasteiger partial charge in [-0.05, 0) is 46.8 Å². The Morgan fingerprint density at radius 2 is 1.81 bits per heavy atom. The molecule has 0 aliphatic rings. The molecule has 0 spiro atoms. The number of methoxy groups -OCH3 is 1. The number of carbonyl (C=O) groups excluding carboxylic acids is 1. The van der Waals surface area contributed by atoms with Crippen molar-refractivity contribution in [3.63, 3.8) is 0 Å². The van der Waals surface area contributed by atoms with Crippen LogP contribution in [0.3, 0.4) is 0 Å². The van der Waals surface area contributed by atoms with E-state index in [1.54, 1.807) is 17.7 Å². The van der Waals surface area contributed by atoms with E-state index >= 15 is 0 Å². The van der Waals surface area contributed by atoms with Crippen LogP contribution in [0.15, 0.2) is 34.2 Å². The predicted octanol–water partition coefficient (Wildman–Crippen LogP) is 3.17. The van der Waals surface area contributed by atoms with E-state index in [-0.39, 0.29) is 28.8 Å². The second kappa shape index (κ2) is 9.37. The number of hydrogen-bond donors (Lipinski definition) is 0. The molecule has 7 heteroatoms. The molecule has 0 unspecified atom stereocenters. The number of benzene rings is 1. The number of ether oxygens (including phenoxy) is 1. The van der Waals surface area contributed by atoms with Crippen LogP contribution < -0.4 is 5.56 Å². The van der Waals surface area contributed by atoms with Crippen molar-refractivity contribution in [2.24, 2.45) is 0 Å². The molecule has 1 aromatic heterocycles. The molecule has 6 nitrogen and oxygen atoms in total. The third-order valence-electron chi connectivity index (χ3n) is 4.34. The Labute approximate surface area is 164 Å². The van der Waals surface area contributed by atoms with E-state index in [2.05, 4.69) is 4.98 Å². The lowest BCUT2D eigenvalue weighted by atomic mass is 10.2. The molecule has 0 N–H and O–H groups in total. The van der Waals surface area contributed by atoms with Crippen LogP contribution in [0.25, 0.3) is 10.9 Å². The quantitative estimate of drug-likeness (QED) is 0.511. The maximum atomic E-state index is 13.0. The highest BCUT2D eigenvalue weighted by Gasteiger charge is 2.27. The van der Waals surface area contributed by atoms with Crippen LogP contribution in [-0.4, -0.2) is 51.4 Å². The minimum absolute atomic E-state index is 0.0469. The normalized spacial score (nSPS) is 12.7. The Morgan fingerprint density at radius 1 is 1.19 bits per heavy atom. The van der Waals surface area contributed by atoms with Crippen LogP contribution in [0.4, 0.5) is 0 Å². The molecule has 0 saturated carbocycles. The SMILES string of the molecule is COCCn1c(S[C@@H](C)C(=O)N(C(C)C)C(C)C)nc2ccccc2c1=O. The Kier molecular flexibility index (Phi) is 7.44. The number of fused-ring (bicyclic) bond motifs is 1. The van der Waals surface area contributed by atoms with Gasteiger partial charge < -0.3 is 9.64 Å². The number of thioether (sulfide) groups is 1. The minimum Gasteiger partial charge on any atom is -0.383 e. The first kappa shape index (κ1) is 21.4. The zero-order valence-corrected chi connectivity index (χ0v) is 17.7. The molecule has 0 aliphatic heterocycles. The van der Waals surface area contributed by atoms with Gasteiger partial charge in [0.05, 0.1) is 29.3 Å². The largest absolute Gasteiger partial charge is 0.383 e. The molecule has 1 heterocycles. The Balaban J connectivity index is 2.41. The van der Waals surface area contributed by atoms with E-state index < -0.39 is 0 Å². The van der Waals surface area contributed by atoms with Gasteiger partial charge in [0.25, 0.3) is 5.56 Å². The Bertz CT molecular complexity index is 840. The fourth-order valence-electron chi connectivity index (χ4n) is 3.14. The Morgan fingerprint density at radius 3 is 2.41 bits per heavy atom. The molecule has 2 aromatic rings. The predicted molar refractivity (Wildman–Crippen MR) is 110 cm³/mol. The summed E-state index contributed by atoms with van der Waals surface area (Å²) >= 11 is 1.33. The average Bonchev–Trinajstić information content (AvgIpc) is 2.60. The van der Waals surface area contributed by atoms with Crippen molar-refractivity contribution in [3.8, 4) is 0 Å². The van der Waals surface area contributed by atoms with E-state index in [4.69, 9.17) is 4.74 Å². The average molecular weight is 392 g/mol. The van der Waals surface area contributed by atoms with Crippen LogP contribution >= 0.6 is 11.8 Å². The molecular formula is C20H29N3O3S. The zero-order chi connectivity index (χ0) is 20.1. The zero-order valence-electron chi connectivity index (χ0n) is 16.9. The van der Waals surface area contributed by atoms with Crippen LogP contribution in [-0.2, 0) is 16.1 Å². The third kappa shape index (κ3) is 4.90. The number of rotatable bonds is 8. The molecule has 2 rings (SSSR count). The van der Waals surface area contributed by atoms with Gasteiger partial charge in [-0.2, -0.15) is 0 Å². The molecule has 1 amide bonds. The number of carbonyl (C=O) groups is 1. The Hall–Kier alpha value is -1.86. The second-order valence-electron chi connectivity index (χ2n) is 7.05. The molecule has 27 heavy (non-hydrogen) atoms. The van der Waals surface area contributed by atoms with Gasteiger partial charge >= 0.3 is 0 Å². The summed E-state index contributed by atoms with van der Waals surface area (Å²) in [4.78, 5) is 32.4. The summed E-state index contributed by atoms with van der Waals surface area (Å²) in [5.74, 6) is 0.0469. The highest BCUT2D eigenvalue weighted by atomic mass is 32.2. The third-order valence-corrected chi connectivity index (χ3v) is 5.42. The van der Waals surface area contributed by atoms with Gasteiger partial charge in [-0.25, -0.2) is 4.98 Å². The summed E-state index contributed by atoms with van der Waals surface area (Å²) in [6, 6.07) is 7.50. The lowest BCUT2D eigenvalue weighted by molar-refractivity contribution is -0.133. The summed E-state index contributed by atoms with van der Waals surface area (Å²) in [5, 5.41) is 0.767. The fourth-order valence-corrected chi connectivity index (χ4v) is 4.13. The van der Waals surface area contributed by atoms with Crippen molar-refractivity contribution in [1.82, 2.24) is 14.5 Å². The van der Waals surface area contributed by atoms with Crippen molar-refractivity contribution in [2.45, 2.75) is 63.7 Å². The van der Waals surface area contributed by atoms with Crippen molar-refractivity contribution in [1.29, 1.82) is 0 Å². The topological polar surface area (TPSA) is 64.4 Å². The van der Waals surface area contributed by atoms with Crippen molar-refractivity contribution >= 4 is 28.6 Å². The van der Waals surface area contributed by atoms with Crippen LogP contribution in [0.5, 0.6) is 0 Å². The number of para-hydroxylation sites is 1. The summed E-state index contributed by atoms with van der Waals surface area (Å²) in [7, 11) is 1.60. The van der Waals surface area contributed by atoms with E-state index in [9.17, 15) is 9.59 Å². The van der Waals surface area contributed by atoms with E-state index in [0.29, 0.717) is 29.2 Å². The van der Waals surface area contributed by atoms with Crippen molar-refractivity contribution in [2.75, 3.05) is 13.7 Å². The summed E-state index contributed by atoms with van der Waals surface area (Å²) in [6.07, 6.45) is 0. The summed E-state index contributed by atoms with van der Waals surface area (Å²) < 4.78 is 6.76. The molecule has 1 atom stereocenters. The van der Waals surface area contributed by atoms with Crippen molar-refractivity contribution < 1.29 is 9.53 Å². The second-order valence-corrected chi connectivity index (χ2v) is 8.36. The van der Waals surface area contributed by atoms with Crippen molar-refractivity contribution in [3.05, 3.63) is 34.6 Å². The first-order valence-corrected chi connectivity index (χ1v) is 10.1. The van der Waals surface area contributed by atoms with E-state index in [1.165, 1.54) is 11.8 Å². The lowest BCUT2D eigenvalue weighted by Crippen LogP contribution is -2.45. The van der Waals surface area contributed by atoms with Crippen LogP contribution in [0.2, 0.25) is 0 Å². The number of aromatic nitrogens is 2. The first-order valence-electron chi connectivity index (χ1n) is 9.25. The van der Waals surface area contributed by atoms with E-state index in [0.717, 1.165) is 0 Å². The molecule has 148 valence electrons. The first-order chi connectivity index (χ1) is 12.8. The fraction of sp³-hybridized carbons (Fsp3) is 0.550. The molecular weight excluding hydrogens is 362 g/mol. The monoisotopic (exact) mass is 391 g/mol. The minimum atomic E-state index is -0.350. The van der Waals surface area contributed by atoms with Gasteiger partial charge in [0, 0.05) is 19.2 Å². The number of nitrogens with zero attached hydrogens (tertiary/aromatic N) is 3. The van der Waals surface area contributed by atoms with Gasteiger partial charge in [0.2, 0.25) is 5.91 Å². The molecule has 0 fully saturated rings. The van der Waals surface area contributed by atoms with Gasteiger partial charge in [-0.3, -0.25) is 14.2 Å². The highest BCUT2D eigenvalue weighted by molar-refractivity contribution is 8.00. The standard InChI is InChI=1S/C20H29N3O3S/c1-13(2)23(14(3)4)18(24)15(5)27-20-21-17-10-8-7-9-16(17)19(25)22(20)11-12-26-6/h7-10,13-15H,11-12H2,1-6H3/t15-/m0/s1. The van der Waals surface area contributed by atoms with Gasteiger partial charge in [-0.1, -0.05) is 23.9 Å². The molecule has 0 saturated heterocycles. The summed E-state index contributed by atoms with van der Waals surface area (Å²) in [5.41, 5.74) is 0.535. The number of amides is 1. The molecule has 0 radical (unpaired) electrons. The van der Waals surface area contributed by atoms with Gasteiger partial charge in [-0.15, -0.1) is 0 Å². The van der Waals surface area contributed by atoms with Gasteiger partial charge in [0.15, 0.2) is 5.16 Å². The number of hydrogen-bond acceptors (Lipinski definition) is 5. The smallest absolute Gasteiger partial charge is 0.262 e. The molecule has 0 bridgehead atoms. The van der Waals surface area contributed by atoms with E-state index in [1.807, 2.05) is 57.7 Å². The maximum Gasteiger partial charge on any atom is 0.262 e. The van der Waals surface area contributed by atoms with Crippen LogP contribution in [0, 0.1) is 0 Å². The van der Waals surface area contributed by atoms with Gasteiger partial charge in [0.1, 0.15) is 0 Å². The molecule has 1 aromatic carbocycles. The highest BCUT2D eigenvalue weighted by Crippen LogP contribution is 2.25. The molecule has 0 aliphatic carbocycles. The lowest BCUT2D eigenvalue weighted by Gasteiger charge is -2.33. The maximum absolute atomic E-state index is 13.0. The van der Waals surface area contributed by atoms with Crippen LogP contribution in [0.1, 0.15) is 34.6 Å². The summed E-state index contributed by atoms with van der Waals surface area (Å²) in [6.45, 7) is 10.7.